The molecule has 8 nitrogen and oxygen atoms in total. The van der Waals surface area contributed by atoms with Crippen molar-refractivity contribution in [1.82, 2.24) is 25.3 Å². The Morgan fingerprint density at radius 3 is 3.04 bits per heavy atom. The van der Waals surface area contributed by atoms with E-state index in [1.807, 2.05) is 0 Å². The van der Waals surface area contributed by atoms with Crippen LogP contribution < -0.4 is 15.8 Å². The molecule has 0 aliphatic carbocycles. The maximum absolute atomic E-state index is 12.1. The van der Waals surface area contributed by atoms with Crippen molar-refractivity contribution in [2.75, 3.05) is 20.2 Å². The average molecular weight is 326 g/mol. The lowest BCUT2D eigenvalue weighted by Gasteiger charge is -2.09. The van der Waals surface area contributed by atoms with Gasteiger partial charge in [0.2, 0.25) is 0 Å². The maximum Gasteiger partial charge on any atom is 0.251 e. The number of amides is 1. The second kappa shape index (κ2) is 7.05. The number of aromatic amines is 1. The highest BCUT2D eigenvalue weighted by Crippen LogP contribution is 2.29. The van der Waals surface area contributed by atoms with Crippen molar-refractivity contribution in [1.29, 1.82) is 0 Å². The molecule has 3 rings (SSSR count). The second-order valence-corrected chi connectivity index (χ2v) is 5.16. The summed E-state index contributed by atoms with van der Waals surface area (Å²) in [7, 11) is 1.55. The number of carbonyl (C=O) groups is 1. The van der Waals surface area contributed by atoms with Crippen LogP contribution in [0.25, 0.3) is 22.6 Å². The Bertz CT molecular complexity index is 828. The number of fused-ring (bicyclic) bond motifs is 1. The summed E-state index contributed by atoms with van der Waals surface area (Å²) >= 11 is 0. The van der Waals surface area contributed by atoms with E-state index in [0.29, 0.717) is 35.9 Å². The number of H-pyrrole nitrogens is 1. The van der Waals surface area contributed by atoms with E-state index in [1.54, 1.807) is 31.5 Å². The summed E-state index contributed by atoms with van der Waals surface area (Å²) in [5, 5.41) is 2.82. The molecule has 0 fully saturated rings. The van der Waals surface area contributed by atoms with Gasteiger partial charge in [0.25, 0.3) is 5.91 Å². The fourth-order valence-electron chi connectivity index (χ4n) is 2.32. The van der Waals surface area contributed by atoms with E-state index < -0.39 is 0 Å². The molecule has 2 aromatic heterocycles. The van der Waals surface area contributed by atoms with Crippen LogP contribution in [0, 0.1) is 0 Å². The fourth-order valence-corrected chi connectivity index (χ4v) is 2.32. The number of aromatic nitrogens is 4. The average Bonchev–Trinajstić information content (AvgIpc) is 3.05. The number of imidazole rings is 1. The molecule has 0 atom stereocenters. The summed E-state index contributed by atoms with van der Waals surface area (Å²) in [6, 6.07) is 5.21. The highest BCUT2D eigenvalue weighted by Gasteiger charge is 2.14. The van der Waals surface area contributed by atoms with Gasteiger partial charge in [0.15, 0.2) is 5.65 Å². The standard InChI is InChI=1S/C16H18N6O2/c1-24-13-7-10(16(23)19-6-2-5-17)3-4-11(13)14-21-12-8-18-9-20-15(12)22-14/h3-4,7-9H,2,5-6,17H2,1H3,(H,19,23)(H,18,20,21,22). The van der Waals surface area contributed by atoms with Crippen molar-refractivity contribution in [2.24, 2.45) is 5.73 Å². The molecule has 1 amide bonds. The zero-order valence-corrected chi connectivity index (χ0v) is 13.2. The van der Waals surface area contributed by atoms with Crippen LogP contribution in [-0.2, 0) is 0 Å². The van der Waals surface area contributed by atoms with Gasteiger partial charge in [-0.05, 0) is 31.2 Å². The molecule has 124 valence electrons. The van der Waals surface area contributed by atoms with Crippen LogP contribution in [0.2, 0.25) is 0 Å². The fraction of sp³-hybridized carbons (Fsp3) is 0.250. The smallest absolute Gasteiger partial charge is 0.251 e. The number of nitrogens with zero attached hydrogens (tertiary/aromatic N) is 3. The second-order valence-electron chi connectivity index (χ2n) is 5.16. The number of benzene rings is 1. The van der Waals surface area contributed by atoms with Crippen LogP contribution in [0.3, 0.4) is 0 Å². The first kappa shape index (κ1) is 15.9. The third kappa shape index (κ3) is 3.18. The van der Waals surface area contributed by atoms with E-state index in [-0.39, 0.29) is 5.91 Å². The largest absolute Gasteiger partial charge is 0.496 e. The van der Waals surface area contributed by atoms with E-state index in [4.69, 9.17) is 10.5 Å². The lowest BCUT2D eigenvalue weighted by Crippen LogP contribution is -2.25. The molecule has 0 saturated heterocycles. The molecular weight excluding hydrogens is 308 g/mol. The third-order valence-electron chi connectivity index (χ3n) is 3.55. The quantitative estimate of drug-likeness (QED) is 0.584. The van der Waals surface area contributed by atoms with Gasteiger partial charge >= 0.3 is 0 Å². The Morgan fingerprint density at radius 2 is 2.29 bits per heavy atom. The zero-order valence-electron chi connectivity index (χ0n) is 13.2. The monoisotopic (exact) mass is 326 g/mol. The first-order chi connectivity index (χ1) is 11.7. The lowest BCUT2D eigenvalue weighted by atomic mass is 10.1. The van der Waals surface area contributed by atoms with Gasteiger partial charge in [-0.25, -0.2) is 15.0 Å². The van der Waals surface area contributed by atoms with Gasteiger partial charge in [-0.15, -0.1) is 0 Å². The lowest BCUT2D eigenvalue weighted by molar-refractivity contribution is 0.0953. The molecular formula is C16H18N6O2. The topological polar surface area (TPSA) is 119 Å². The van der Waals surface area contributed by atoms with Crippen molar-refractivity contribution >= 4 is 17.1 Å². The maximum atomic E-state index is 12.1. The van der Waals surface area contributed by atoms with Crippen LogP contribution in [0.5, 0.6) is 5.75 Å². The first-order valence-corrected chi connectivity index (χ1v) is 7.55. The highest BCUT2D eigenvalue weighted by molar-refractivity contribution is 5.95. The molecule has 2 heterocycles. The van der Waals surface area contributed by atoms with E-state index in [9.17, 15) is 4.79 Å². The molecule has 4 N–H and O–H groups in total. The van der Waals surface area contributed by atoms with Crippen LogP contribution in [0.1, 0.15) is 16.8 Å². The number of ether oxygens (including phenoxy) is 1. The summed E-state index contributed by atoms with van der Waals surface area (Å²) in [6.07, 6.45) is 3.84. The van der Waals surface area contributed by atoms with Gasteiger partial charge in [0.05, 0.1) is 18.9 Å². The number of carbonyl (C=O) groups excluding carboxylic acids is 1. The number of hydrogen-bond donors (Lipinski definition) is 3. The van der Waals surface area contributed by atoms with Crippen molar-refractivity contribution < 1.29 is 9.53 Å². The van der Waals surface area contributed by atoms with Gasteiger partial charge in [-0.2, -0.15) is 0 Å². The number of hydrogen-bond acceptors (Lipinski definition) is 6. The SMILES string of the molecule is COc1cc(C(=O)NCCCN)ccc1-c1nc2ncncc2[nH]1. The summed E-state index contributed by atoms with van der Waals surface area (Å²) < 4.78 is 5.42. The molecule has 0 radical (unpaired) electrons. The molecule has 0 spiro atoms. The third-order valence-corrected chi connectivity index (χ3v) is 3.55. The van der Waals surface area contributed by atoms with E-state index in [0.717, 1.165) is 17.5 Å². The first-order valence-electron chi connectivity index (χ1n) is 7.55. The van der Waals surface area contributed by atoms with Crippen LogP contribution in [0.4, 0.5) is 0 Å². The van der Waals surface area contributed by atoms with E-state index >= 15 is 0 Å². The molecule has 24 heavy (non-hydrogen) atoms. The molecule has 0 unspecified atom stereocenters. The summed E-state index contributed by atoms with van der Waals surface area (Å²) in [5.74, 6) is 0.995. The number of nitrogens with one attached hydrogen (secondary N) is 2. The molecule has 1 aromatic carbocycles. The van der Waals surface area contributed by atoms with Crippen LogP contribution in [-0.4, -0.2) is 46.0 Å². The summed E-state index contributed by atoms with van der Waals surface area (Å²) in [5.41, 5.74) is 7.99. The van der Waals surface area contributed by atoms with Gasteiger partial charge < -0.3 is 20.8 Å². The minimum atomic E-state index is -0.163. The van der Waals surface area contributed by atoms with E-state index in [1.165, 1.54) is 6.33 Å². The Balaban J connectivity index is 1.90. The van der Waals surface area contributed by atoms with Crippen molar-refractivity contribution in [3.8, 4) is 17.1 Å². The normalized spacial score (nSPS) is 10.8. The molecule has 3 aromatic rings. The van der Waals surface area contributed by atoms with Crippen molar-refractivity contribution in [3.05, 3.63) is 36.3 Å². The van der Waals surface area contributed by atoms with Crippen LogP contribution in [0.15, 0.2) is 30.7 Å². The minimum absolute atomic E-state index is 0.163. The number of rotatable bonds is 6. The Hall–Kier alpha value is -3.00. The summed E-state index contributed by atoms with van der Waals surface area (Å²) in [4.78, 5) is 27.8. The number of nitrogens with two attached hydrogens (primary N) is 1. The van der Waals surface area contributed by atoms with Crippen molar-refractivity contribution in [3.63, 3.8) is 0 Å². The Kier molecular flexibility index (Phi) is 4.66. The van der Waals surface area contributed by atoms with Gasteiger partial charge in [0, 0.05) is 12.1 Å². The summed E-state index contributed by atoms with van der Waals surface area (Å²) in [6.45, 7) is 1.08. The van der Waals surface area contributed by atoms with Crippen molar-refractivity contribution in [2.45, 2.75) is 6.42 Å². The predicted molar refractivity (Wildman–Crippen MR) is 89.7 cm³/mol. The minimum Gasteiger partial charge on any atom is -0.496 e. The van der Waals surface area contributed by atoms with Crippen LogP contribution >= 0.6 is 0 Å². The Labute approximate surface area is 138 Å². The number of methoxy groups -OCH3 is 1. The molecule has 0 aliphatic heterocycles. The molecule has 0 aliphatic rings. The zero-order chi connectivity index (χ0) is 16.9. The van der Waals surface area contributed by atoms with Gasteiger partial charge in [-0.3, -0.25) is 4.79 Å². The molecule has 0 bridgehead atoms. The molecule has 0 saturated carbocycles. The van der Waals surface area contributed by atoms with Gasteiger partial charge in [-0.1, -0.05) is 0 Å². The highest BCUT2D eigenvalue weighted by atomic mass is 16.5. The predicted octanol–water partition coefficient (Wildman–Crippen LogP) is 1.11. The van der Waals surface area contributed by atoms with E-state index in [2.05, 4.69) is 25.3 Å². The van der Waals surface area contributed by atoms with Gasteiger partial charge in [0.1, 0.15) is 23.4 Å². The Morgan fingerprint density at radius 1 is 1.42 bits per heavy atom. The molecule has 8 heteroatoms.